The highest BCUT2D eigenvalue weighted by Crippen LogP contribution is 2.40. The number of carbonyl (C=O) groups excluding carboxylic acids is 1. The first kappa shape index (κ1) is 13.0. The Kier molecular flexibility index (Phi) is 3.83. The van der Waals surface area contributed by atoms with Crippen LogP contribution in [0.25, 0.3) is 0 Å². The first-order valence-electron chi connectivity index (χ1n) is 5.92. The molecule has 0 spiro atoms. The first-order valence-corrected chi connectivity index (χ1v) is 7.85. The molecule has 1 aromatic heterocycles. The highest BCUT2D eigenvalue weighted by Gasteiger charge is 2.32. The van der Waals surface area contributed by atoms with Crippen molar-refractivity contribution in [1.29, 1.82) is 0 Å². The molecule has 1 atom stereocenters. The van der Waals surface area contributed by atoms with Gasteiger partial charge in [-0.25, -0.2) is 0 Å². The molecule has 1 aromatic rings. The molecule has 0 aliphatic carbocycles. The van der Waals surface area contributed by atoms with E-state index in [1.807, 2.05) is 16.7 Å². The third kappa shape index (κ3) is 3.26. The van der Waals surface area contributed by atoms with Gasteiger partial charge in [-0.1, -0.05) is 26.8 Å². The van der Waals surface area contributed by atoms with E-state index in [1.165, 1.54) is 4.88 Å². The third-order valence-corrected chi connectivity index (χ3v) is 5.00. The molecule has 1 saturated heterocycles. The molecule has 0 radical (unpaired) electrons. The minimum absolute atomic E-state index is 0.0737. The molecular weight excluding hydrogens is 250 g/mol. The van der Waals surface area contributed by atoms with Crippen LogP contribution in [0.15, 0.2) is 17.5 Å². The highest BCUT2D eigenvalue weighted by atomic mass is 32.2. The molecule has 1 aliphatic rings. The van der Waals surface area contributed by atoms with Crippen LogP contribution in [0.5, 0.6) is 0 Å². The number of carbonyl (C=O) groups is 1. The molecule has 1 unspecified atom stereocenters. The third-order valence-electron chi connectivity index (χ3n) is 2.68. The van der Waals surface area contributed by atoms with Crippen LogP contribution in [0.1, 0.15) is 37.4 Å². The molecule has 0 N–H and O–H groups in total. The lowest BCUT2D eigenvalue weighted by molar-refractivity contribution is -0.133. The standard InChI is InChI=1S/C13H19NOS2/c1-13(2,3)9-11(15)14-6-8-17-12(14)10-5-4-7-16-10/h4-5,7,12H,6,8-9H2,1-3H3. The fraction of sp³-hybridized carbons (Fsp3) is 0.615. The Balaban J connectivity index is 2.07. The maximum absolute atomic E-state index is 12.3. The van der Waals surface area contributed by atoms with Crippen molar-refractivity contribution in [3.63, 3.8) is 0 Å². The molecule has 0 aromatic carbocycles. The van der Waals surface area contributed by atoms with Gasteiger partial charge in [-0.05, 0) is 16.9 Å². The fourth-order valence-electron chi connectivity index (χ4n) is 1.95. The van der Waals surface area contributed by atoms with Gasteiger partial charge >= 0.3 is 0 Å². The minimum atomic E-state index is 0.0737. The van der Waals surface area contributed by atoms with E-state index in [9.17, 15) is 4.79 Å². The monoisotopic (exact) mass is 269 g/mol. The Morgan fingerprint density at radius 3 is 2.88 bits per heavy atom. The Hall–Kier alpha value is -0.480. The average molecular weight is 269 g/mol. The SMILES string of the molecule is CC(C)(C)CC(=O)N1CCSC1c1cccs1. The number of hydrogen-bond acceptors (Lipinski definition) is 3. The normalized spacial score (nSPS) is 20.9. The van der Waals surface area contributed by atoms with E-state index in [2.05, 4.69) is 38.3 Å². The summed E-state index contributed by atoms with van der Waals surface area (Å²) in [4.78, 5) is 15.6. The number of nitrogens with zero attached hydrogens (tertiary/aromatic N) is 1. The molecule has 1 fully saturated rings. The van der Waals surface area contributed by atoms with Crippen molar-refractivity contribution in [3.05, 3.63) is 22.4 Å². The van der Waals surface area contributed by atoms with Crippen LogP contribution in [-0.2, 0) is 4.79 Å². The lowest BCUT2D eigenvalue weighted by Gasteiger charge is -2.26. The average Bonchev–Trinajstić information content (AvgIpc) is 2.85. The molecule has 2 rings (SSSR count). The smallest absolute Gasteiger partial charge is 0.224 e. The number of rotatable bonds is 2. The second-order valence-electron chi connectivity index (χ2n) is 5.56. The van der Waals surface area contributed by atoms with Crippen molar-refractivity contribution in [3.8, 4) is 0 Å². The predicted molar refractivity (Wildman–Crippen MR) is 75.3 cm³/mol. The molecule has 1 aliphatic heterocycles. The summed E-state index contributed by atoms with van der Waals surface area (Å²) in [5.41, 5.74) is 0.0737. The highest BCUT2D eigenvalue weighted by molar-refractivity contribution is 7.99. The molecule has 94 valence electrons. The summed E-state index contributed by atoms with van der Waals surface area (Å²) >= 11 is 3.62. The van der Waals surface area contributed by atoms with E-state index in [4.69, 9.17) is 0 Å². The largest absolute Gasteiger partial charge is 0.325 e. The molecule has 0 bridgehead atoms. The lowest BCUT2D eigenvalue weighted by atomic mass is 9.91. The lowest BCUT2D eigenvalue weighted by Crippen LogP contribution is -2.32. The van der Waals surface area contributed by atoms with E-state index < -0.39 is 0 Å². The molecule has 17 heavy (non-hydrogen) atoms. The number of thiophene rings is 1. The van der Waals surface area contributed by atoms with Gasteiger partial charge in [0.05, 0.1) is 0 Å². The zero-order valence-corrected chi connectivity index (χ0v) is 12.2. The summed E-state index contributed by atoms with van der Waals surface area (Å²) in [5.74, 6) is 1.35. The summed E-state index contributed by atoms with van der Waals surface area (Å²) in [7, 11) is 0. The topological polar surface area (TPSA) is 20.3 Å². The molecule has 0 saturated carbocycles. The van der Waals surface area contributed by atoms with E-state index >= 15 is 0 Å². The number of amides is 1. The minimum Gasteiger partial charge on any atom is -0.325 e. The summed E-state index contributed by atoms with van der Waals surface area (Å²) in [6, 6.07) is 4.19. The van der Waals surface area contributed by atoms with Crippen LogP contribution in [0, 0.1) is 5.41 Å². The van der Waals surface area contributed by atoms with E-state index in [-0.39, 0.29) is 10.8 Å². The Labute approximate surface area is 111 Å². The van der Waals surface area contributed by atoms with Gasteiger partial charge in [-0.3, -0.25) is 4.79 Å². The Morgan fingerprint density at radius 2 is 2.29 bits per heavy atom. The van der Waals surface area contributed by atoms with Crippen molar-refractivity contribution < 1.29 is 4.79 Å². The van der Waals surface area contributed by atoms with Crippen LogP contribution < -0.4 is 0 Å². The van der Waals surface area contributed by atoms with Gasteiger partial charge in [0.25, 0.3) is 0 Å². The maximum atomic E-state index is 12.3. The molecule has 4 heteroatoms. The van der Waals surface area contributed by atoms with E-state index in [0.717, 1.165) is 12.3 Å². The Bertz CT molecular complexity index is 381. The fourth-order valence-corrected chi connectivity index (χ4v) is 4.21. The second-order valence-corrected chi connectivity index (χ2v) is 7.73. The van der Waals surface area contributed by atoms with Gasteiger partial charge < -0.3 is 4.90 Å². The van der Waals surface area contributed by atoms with Gasteiger partial charge in [0.2, 0.25) is 5.91 Å². The maximum Gasteiger partial charge on any atom is 0.224 e. The molecule has 1 amide bonds. The van der Waals surface area contributed by atoms with Crippen molar-refractivity contribution in [1.82, 2.24) is 4.90 Å². The summed E-state index contributed by atoms with van der Waals surface area (Å²) in [5, 5.41) is 2.34. The molecular formula is C13H19NOS2. The van der Waals surface area contributed by atoms with Gasteiger partial charge in [0.15, 0.2) is 0 Å². The van der Waals surface area contributed by atoms with Crippen molar-refractivity contribution in [2.24, 2.45) is 5.41 Å². The van der Waals surface area contributed by atoms with Crippen molar-refractivity contribution in [2.45, 2.75) is 32.6 Å². The van der Waals surface area contributed by atoms with Gasteiger partial charge in [0, 0.05) is 23.6 Å². The van der Waals surface area contributed by atoms with Gasteiger partial charge in [-0.15, -0.1) is 23.1 Å². The predicted octanol–water partition coefficient (Wildman–Crippen LogP) is 3.76. The second kappa shape index (κ2) is 5.02. The van der Waals surface area contributed by atoms with Crippen LogP contribution in [0.4, 0.5) is 0 Å². The van der Waals surface area contributed by atoms with Crippen LogP contribution in [0.3, 0.4) is 0 Å². The van der Waals surface area contributed by atoms with Crippen molar-refractivity contribution in [2.75, 3.05) is 12.3 Å². The van der Waals surface area contributed by atoms with Crippen LogP contribution >= 0.6 is 23.1 Å². The summed E-state index contributed by atoms with van der Waals surface area (Å²) in [6.45, 7) is 7.25. The Morgan fingerprint density at radius 1 is 1.53 bits per heavy atom. The zero-order chi connectivity index (χ0) is 12.5. The number of hydrogen-bond donors (Lipinski definition) is 0. The van der Waals surface area contributed by atoms with E-state index in [1.54, 1.807) is 11.3 Å². The van der Waals surface area contributed by atoms with Crippen LogP contribution in [-0.4, -0.2) is 23.1 Å². The zero-order valence-electron chi connectivity index (χ0n) is 10.6. The summed E-state index contributed by atoms with van der Waals surface area (Å²) in [6.07, 6.45) is 0.634. The number of thioether (sulfide) groups is 1. The molecule has 2 nitrogen and oxygen atoms in total. The molecule has 2 heterocycles. The van der Waals surface area contributed by atoms with Gasteiger partial charge in [0.1, 0.15) is 5.37 Å². The first-order chi connectivity index (χ1) is 7.97. The van der Waals surface area contributed by atoms with Gasteiger partial charge in [-0.2, -0.15) is 0 Å². The van der Waals surface area contributed by atoms with Crippen LogP contribution in [0.2, 0.25) is 0 Å². The van der Waals surface area contributed by atoms with Crippen molar-refractivity contribution >= 4 is 29.0 Å². The quantitative estimate of drug-likeness (QED) is 0.815. The summed E-state index contributed by atoms with van der Waals surface area (Å²) < 4.78 is 0. The van der Waals surface area contributed by atoms with E-state index in [0.29, 0.717) is 12.3 Å².